The standard InChI is InChI=1S/C15H19N3O/c1-2-18-10-6-9-15(11-18)16-13(14(19)17-15)12-7-4-3-5-8-12/h3-5,7-8H,2,6,9-11H2,1H3,(H,17,19). The highest BCUT2D eigenvalue weighted by Crippen LogP contribution is 2.27. The van der Waals surface area contributed by atoms with Gasteiger partial charge in [-0.3, -0.25) is 9.69 Å². The zero-order valence-electron chi connectivity index (χ0n) is 11.2. The minimum atomic E-state index is -0.392. The molecular weight excluding hydrogens is 238 g/mol. The third kappa shape index (κ3) is 2.28. The number of nitrogens with one attached hydrogen (secondary N) is 1. The Hall–Kier alpha value is -1.68. The van der Waals surface area contributed by atoms with E-state index in [4.69, 9.17) is 4.99 Å². The summed E-state index contributed by atoms with van der Waals surface area (Å²) in [5, 5.41) is 3.10. The van der Waals surface area contributed by atoms with Crippen LogP contribution in [0.4, 0.5) is 0 Å². The molecule has 1 amide bonds. The zero-order valence-corrected chi connectivity index (χ0v) is 11.2. The molecular formula is C15H19N3O. The maximum absolute atomic E-state index is 12.2. The molecule has 3 rings (SSSR count). The molecule has 0 bridgehead atoms. The molecule has 0 radical (unpaired) electrons. The second-order valence-electron chi connectivity index (χ2n) is 5.28. The average molecular weight is 257 g/mol. The van der Waals surface area contributed by atoms with E-state index in [1.54, 1.807) is 0 Å². The summed E-state index contributed by atoms with van der Waals surface area (Å²) in [5.74, 6) is -0.0378. The van der Waals surface area contributed by atoms with Crippen LogP contribution in [0.5, 0.6) is 0 Å². The first-order valence-corrected chi connectivity index (χ1v) is 6.92. The molecule has 2 aliphatic rings. The summed E-state index contributed by atoms with van der Waals surface area (Å²) in [6.45, 7) is 5.08. The predicted molar refractivity (Wildman–Crippen MR) is 75.2 cm³/mol. The number of piperidine rings is 1. The maximum Gasteiger partial charge on any atom is 0.272 e. The predicted octanol–water partition coefficient (Wildman–Crippen LogP) is 1.42. The Kier molecular flexibility index (Phi) is 3.11. The fourth-order valence-corrected chi connectivity index (χ4v) is 2.94. The number of carbonyl (C=O) groups is 1. The van der Waals surface area contributed by atoms with Crippen molar-refractivity contribution in [1.29, 1.82) is 0 Å². The number of carbonyl (C=O) groups excluding carboxylic acids is 1. The fourth-order valence-electron chi connectivity index (χ4n) is 2.94. The second-order valence-corrected chi connectivity index (χ2v) is 5.28. The molecule has 1 spiro atoms. The van der Waals surface area contributed by atoms with Crippen LogP contribution < -0.4 is 5.32 Å². The van der Waals surface area contributed by atoms with Crippen LogP contribution in [0.3, 0.4) is 0 Å². The number of hydrogen-bond donors (Lipinski definition) is 1. The van der Waals surface area contributed by atoms with Crippen molar-refractivity contribution in [3.8, 4) is 0 Å². The van der Waals surface area contributed by atoms with Crippen molar-refractivity contribution >= 4 is 11.6 Å². The number of likely N-dealkylation sites (N-methyl/N-ethyl adjacent to an activating group) is 1. The highest BCUT2D eigenvalue weighted by molar-refractivity contribution is 6.46. The Morgan fingerprint density at radius 1 is 1.37 bits per heavy atom. The van der Waals surface area contributed by atoms with Gasteiger partial charge in [0.15, 0.2) is 0 Å². The summed E-state index contributed by atoms with van der Waals surface area (Å²) in [6, 6.07) is 9.71. The van der Waals surface area contributed by atoms with E-state index >= 15 is 0 Å². The fraction of sp³-hybridized carbons (Fsp3) is 0.467. The first-order chi connectivity index (χ1) is 9.22. The van der Waals surface area contributed by atoms with Crippen molar-refractivity contribution in [3.05, 3.63) is 35.9 Å². The van der Waals surface area contributed by atoms with Crippen LogP contribution in [0, 0.1) is 0 Å². The van der Waals surface area contributed by atoms with Crippen LogP contribution >= 0.6 is 0 Å². The van der Waals surface area contributed by atoms with Crippen molar-refractivity contribution in [3.63, 3.8) is 0 Å². The Balaban J connectivity index is 1.90. The summed E-state index contributed by atoms with van der Waals surface area (Å²) in [7, 11) is 0. The van der Waals surface area contributed by atoms with Crippen LogP contribution in [0.1, 0.15) is 25.3 Å². The van der Waals surface area contributed by atoms with Gasteiger partial charge in [0.2, 0.25) is 0 Å². The second kappa shape index (κ2) is 4.78. The van der Waals surface area contributed by atoms with Gasteiger partial charge >= 0.3 is 0 Å². The number of benzene rings is 1. The lowest BCUT2D eigenvalue weighted by Gasteiger charge is -2.37. The molecule has 1 fully saturated rings. The Labute approximate surface area is 113 Å². The van der Waals surface area contributed by atoms with Crippen molar-refractivity contribution < 1.29 is 4.79 Å². The molecule has 19 heavy (non-hydrogen) atoms. The number of rotatable bonds is 2. The normalized spacial score (nSPS) is 27.4. The van der Waals surface area contributed by atoms with Crippen molar-refractivity contribution in [1.82, 2.24) is 10.2 Å². The molecule has 1 saturated heterocycles. The summed E-state index contributed by atoms with van der Waals surface area (Å²) >= 11 is 0. The van der Waals surface area contributed by atoms with E-state index in [9.17, 15) is 4.79 Å². The Morgan fingerprint density at radius 3 is 2.89 bits per heavy atom. The van der Waals surface area contributed by atoms with Gasteiger partial charge in [0.1, 0.15) is 11.4 Å². The molecule has 1 aromatic carbocycles. The molecule has 100 valence electrons. The van der Waals surface area contributed by atoms with Gasteiger partial charge in [-0.2, -0.15) is 0 Å². The first-order valence-electron chi connectivity index (χ1n) is 6.92. The Morgan fingerprint density at radius 2 is 2.16 bits per heavy atom. The third-order valence-corrected chi connectivity index (χ3v) is 3.93. The monoisotopic (exact) mass is 257 g/mol. The lowest BCUT2D eigenvalue weighted by molar-refractivity contribution is -0.115. The van der Waals surface area contributed by atoms with Crippen molar-refractivity contribution in [2.24, 2.45) is 4.99 Å². The van der Waals surface area contributed by atoms with E-state index in [0.29, 0.717) is 5.71 Å². The van der Waals surface area contributed by atoms with Crippen LogP contribution in [-0.4, -0.2) is 41.8 Å². The lowest BCUT2D eigenvalue weighted by atomic mass is 9.99. The van der Waals surface area contributed by atoms with Gasteiger partial charge in [0, 0.05) is 12.1 Å². The number of likely N-dealkylation sites (tertiary alicyclic amines) is 1. The largest absolute Gasteiger partial charge is 0.325 e. The van der Waals surface area contributed by atoms with Crippen LogP contribution in [0.25, 0.3) is 0 Å². The molecule has 4 heteroatoms. The third-order valence-electron chi connectivity index (χ3n) is 3.93. The van der Waals surface area contributed by atoms with Crippen molar-refractivity contribution in [2.75, 3.05) is 19.6 Å². The average Bonchev–Trinajstić information content (AvgIpc) is 2.76. The minimum Gasteiger partial charge on any atom is -0.325 e. The molecule has 4 nitrogen and oxygen atoms in total. The smallest absolute Gasteiger partial charge is 0.272 e. The van der Waals surface area contributed by atoms with Gasteiger partial charge < -0.3 is 5.32 Å². The highest BCUT2D eigenvalue weighted by atomic mass is 16.2. The number of hydrogen-bond acceptors (Lipinski definition) is 3. The molecule has 1 atom stereocenters. The minimum absolute atomic E-state index is 0.0378. The molecule has 2 heterocycles. The van der Waals surface area contributed by atoms with Crippen LogP contribution in [-0.2, 0) is 4.79 Å². The molecule has 1 aromatic rings. The van der Waals surface area contributed by atoms with Gasteiger partial charge in [-0.15, -0.1) is 0 Å². The number of amides is 1. The molecule has 0 aromatic heterocycles. The van der Waals surface area contributed by atoms with Gasteiger partial charge in [-0.05, 0) is 25.9 Å². The lowest BCUT2D eigenvalue weighted by Crippen LogP contribution is -2.54. The van der Waals surface area contributed by atoms with E-state index in [2.05, 4.69) is 17.1 Å². The topological polar surface area (TPSA) is 44.7 Å². The van der Waals surface area contributed by atoms with E-state index in [0.717, 1.165) is 38.0 Å². The number of aliphatic imine (C=N–C) groups is 1. The van der Waals surface area contributed by atoms with E-state index in [-0.39, 0.29) is 5.91 Å². The molecule has 1 N–H and O–H groups in total. The summed E-state index contributed by atoms with van der Waals surface area (Å²) in [6.07, 6.45) is 2.02. The SMILES string of the molecule is CCN1CCCC2(C1)N=C(c1ccccc1)C(=O)N2. The summed E-state index contributed by atoms with van der Waals surface area (Å²) in [5.41, 5.74) is 1.10. The molecule has 2 aliphatic heterocycles. The van der Waals surface area contributed by atoms with E-state index in [1.165, 1.54) is 0 Å². The van der Waals surface area contributed by atoms with Crippen molar-refractivity contribution in [2.45, 2.75) is 25.4 Å². The van der Waals surface area contributed by atoms with Crippen LogP contribution in [0.2, 0.25) is 0 Å². The van der Waals surface area contributed by atoms with Gasteiger partial charge in [-0.1, -0.05) is 37.3 Å². The molecule has 1 unspecified atom stereocenters. The van der Waals surface area contributed by atoms with E-state index < -0.39 is 5.66 Å². The van der Waals surface area contributed by atoms with Crippen LogP contribution in [0.15, 0.2) is 35.3 Å². The Bertz CT molecular complexity index is 511. The van der Waals surface area contributed by atoms with Gasteiger partial charge in [0.05, 0.1) is 0 Å². The van der Waals surface area contributed by atoms with E-state index in [1.807, 2.05) is 30.3 Å². The summed E-state index contributed by atoms with van der Waals surface area (Å²) in [4.78, 5) is 19.3. The van der Waals surface area contributed by atoms with Gasteiger partial charge in [0.25, 0.3) is 5.91 Å². The maximum atomic E-state index is 12.2. The van der Waals surface area contributed by atoms with Gasteiger partial charge in [-0.25, -0.2) is 4.99 Å². The quantitative estimate of drug-likeness (QED) is 0.871. The molecule has 0 aliphatic carbocycles. The highest BCUT2D eigenvalue weighted by Gasteiger charge is 2.42. The number of nitrogens with zero attached hydrogens (tertiary/aromatic N) is 2. The molecule has 0 saturated carbocycles. The first kappa shape index (κ1) is 12.4. The summed E-state index contributed by atoms with van der Waals surface area (Å²) < 4.78 is 0. The zero-order chi connectivity index (χ0) is 13.3.